The van der Waals surface area contributed by atoms with Crippen molar-refractivity contribution in [3.63, 3.8) is 0 Å². The standard InChI is InChI=1S/C23H16N2O3/c24-14-16-4-3-7-19(12-16)25-23(26)22-11-10-21(28-22)15-27-20-9-8-17-5-1-2-6-18(17)13-20/h1-13H,15H2,(H,25,26). The van der Waals surface area contributed by atoms with E-state index >= 15 is 0 Å². The third-order valence-corrected chi connectivity index (χ3v) is 4.24. The van der Waals surface area contributed by atoms with Crippen LogP contribution in [0.2, 0.25) is 0 Å². The Bertz CT molecular complexity index is 1190. The molecule has 0 radical (unpaired) electrons. The van der Waals surface area contributed by atoms with E-state index in [0.29, 0.717) is 17.0 Å². The molecule has 0 saturated carbocycles. The van der Waals surface area contributed by atoms with Gasteiger partial charge in [-0.3, -0.25) is 4.79 Å². The van der Waals surface area contributed by atoms with Crippen LogP contribution in [0.5, 0.6) is 5.75 Å². The highest BCUT2D eigenvalue weighted by molar-refractivity contribution is 6.02. The summed E-state index contributed by atoms with van der Waals surface area (Å²) in [6, 6.07) is 26.0. The first-order chi connectivity index (χ1) is 13.7. The molecule has 0 bridgehead atoms. The van der Waals surface area contributed by atoms with Crippen molar-refractivity contribution in [1.29, 1.82) is 5.26 Å². The van der Waals surface area contributed by atoms with Crippen LogP contribution in [0.3, 0.4) is 0 Å². The molecule has 28 heavy (non-hydrogen) atoms. The number of nitriles is 1. The summed E-state index contributed by atoms with van der Waals surface area (Å²) < 4.78 is 11.4. The number of ether oxygens (including phenoxy) is 1. The van der Waals surface area contributed by atoms with Crippen molar-refractivity contribution in [3.05, 3.63) is 95.9 Å². The van der Waals surface area contributed by atoms with Gasteiger partial charge in [0.2, 0.25) is 0 Å². The number of furan rings is 1. The molecule has 0 unspecified atom stereocenters. The number of nitrogens with zero attached hydrogens (tertiary/aromatic N) is 1. The Labute approximate surface area is 161 Å². The number of hydrogen-bond donors (Lipinski definition) is 1. The fraction of sp³-hybridized carbons (Fsp3) is 0.0435. The molecule has 4 aromatic rings. The highest BCUT2D eigenvalue weighted by atomic mass is 16.5. The fourth-order valence-corrected chi connectivity index (χ4v) is 2.85. The summed E-state index contributed by atoms with van der Waals surface area (Å²) in [4.78, 5) is 12.3. The molecular weight excluding hydrogens is 352 g/mol. The van der Waals surface area contributed by atoms with Gasteiger partial charge in [0, 0.05) is 5.69 Å². The molecule has 0 aliphatic carbocycles. The molecular formula is C23H16N2O3. The van der Waals surface area contributed by atoms with E-state index < -0.39 is 0 Å². The van der Waals surface area contributed by atoms with Crippen LogP contribution in [0.1, 0.15) is 21.9 Å². The fourth-order valence-electron chi connectivity index (χ4n) is 2.85. The van der Waals surface area contributed by atoms with Gasteiger partial charge in [0.1, 0.15) is 18.1 Å². The van der Waals surface area contributed by atoms with Crippen LogP contribution in [0.15, 0.2) is 83.3 Å². The molecule has 5 heteroatoms. The van der Waals surface area contributed by atoms with Gasteiger partial charge in [0.25, 0.3) is 5.91 Å². The molecule has 0 atom stereocenters. The normalized spacial score (nSPS) is 10.4. The van der Waals surface area contributed by atoms with Crippen molar-refractivity contribution in [2.24, 2.45) is 0 Å². The van der Waals surface area contributed by atoms with Crippen molar-refractivity contribution in [1.82, 2.24) is 0 Å². The highest BCUT2D eigenvalue weighted by Crippen LogP contribution is 2.22. The summed E-state index contributed by atoms with van der Waals surface area (Å²) in [5.74, 6) is 1.07. The first kappa shape index (κ1) is 17.4. The lowest BCUT2D eigenvalue weighted by molar-refractivity contribution is 0.0992. The number of nitrogens with one attached hydrogen (secondary N) is 1. The average molecular weight is 368 g/mol. The van der Waals surface area contributed by atoms with Gasteiger partial charge < -0.3 is 14.5 Å². The van der Waals surface area contributed by atoms with Crippen molar-refractivity contribution in [2.45, 2.75) is 6.61 Å². The van der Waals surface area contributed by atoms with Crippen molar-refractivity contribution < 1.29 is 13.9 Å². The van der Waals surface area contributed by atoms with E-state index in [-0.39, 0.29) is 18.3 Å². The van der Waals surface area contributed by atoms with Crippen molar-refractivity contribution in [3.8, 4) is 11.8 Å². The van der Waals surface area contributed by atoms with E-state index in [9.17, 15) is 4.79 Å². The molecule has 5 nitrogen and oxygen atoms in total. The summed E-state index contributed by atoms with van der Waals surface area (Å²) in [6.07, 6.45) is 0. The summed E-state index contributed by atoms with van der Waals surface area (Å²) in [5, 5.41) is 13.9. The van der Waals surface area contributed by atoms with E-state index in [1.54, 1.807) is 36.4 Å². The smallest absolute Gasteiger partial charge is 0.291 e. The largest absolute Gasteiger partial charge is 0.486 e. The number of amides is 1. The molecule has 0 fully saturated rings. The third-order valence-electron chi connectivity index (χ3n) is 4.24. The van der Waals surface area contributed by atoms with Crippen molar-refractivity contribution >= 4 is 22.4 Å². The number of hydrogen-bond acceptors (Lipinski definition) is 4. The average Bonchev–Trinajstić information content (AvgIpc) is 3.21. The molecule has 0 spiro atoms. The number of carbonyl (C=O) groups excluding carboxylic acids is 1. The third kappa shape index (κ3) is 3.87. The minimum atomic E-state index is -0.382. The Morgan fingerprint density at radius 2 is 1.82 bits per heavy atom. The lowest BCUT2D eigenvalue weighted by atomic mass is 10.1. The molecule has 1 aromatic heterocycles. The zero-order valence-electron chi connectivity index (χ0n) is 14.9. The summed E-state index contributed by atoms with van der Waals surface area (Å²) in [6.45, 7) is 0.218. The van der Waals surface area contributed by atoms with Crippen LogP contribution in [-0.4, -0.2) is 5.91 Å². The lowest BCUT2D eigenvalue weighted by Gasteiger charge is -2.06. The molecule has 136 valence electrons. The van der Waals surface area contributed by atoms with Crippen LogP contribution in [0, 0.1) is 11.3 Å². The first-order valence-electron chi connectivity index (χ1n) is 8.73. The molecule has 1 heterocycles. The van der Waals surface area contributed by atoms with Crippen LogP contribution >= 0.6 is 0 Å². The monoisotopic (exact) mass is 368 g/mol. The van der Waals surface area contributed by atoms with E-state index in [1.807, 2.05) is 48.5 Å². The summed E-state index contributed by atoms with van der Waals surface area (Å²) in [7, 11) is 0. The lowest BCUT2D eigenvalue weighted by Crippen LogP contribution is -2.10. The minimum Gasteiger partial charge on any atom is -0.486 e. The second-order valence-corrected chi connectivity index (χ2v) is 6.21. The Morgan fingerprint density at radius 1 is 0.964 bits per heavy atom. The molecule has 0 aliphatic rings. The molecule has 0 saturated heterocycles. The predicted molar refractivity (Wildman–Crippen MR) is 106 cm³/mol. The van der Waals surface area contributed by atoms with Gasteiger partial charge in [0.05, 0.1) is 11.6 Å². The minimum absolute atomic E-state index is 0.180. The number of benzene rings is 3. The van der Waals surface area contributed by atoms with Gasteiger partial charge in [-0.2, -0.15) is 5.26 Å². The van der Waals surface area contributed by atoms with Gasteiger partial charge in [-0.1, -0.05) is 36.4 Å². The maximum absolute atomic E-state index is 12.3. The van der Waals surface area contributed by atoms with Gasteiger partial charge in [0.15, 0.2) is 5.76 Å². The van der Waals surface area contributed by atoms with E-state index in [1.165, 1.54) is 0 Å². The van der Waals surface area contributed by atoms with Crippen LogP contribution < -0.4 is 10.1 Å². The quantitative estimate of drug-likeness (QED) is 0.529. The van der Waals surface area contributed by atoms with Crippen LogP contribution in [-0.2, 0) is 6.61 Å². The number of fused-ring (bicyclic) bond motifs is 1. The molecule has 4 rings (SSSR count). The Hall–Kier alpha value is -4.04. The second-order valence-electron chi connectivity index (χ2n) is 6.21. The van der Waals surface area contributed by atoms with Crippen molar-refractivity contribution in [2.75, 3.05) is 5.32 Å². The number of carbonyl (C=O) groups is 1. The zero-order chi connectivity index (χ0) is 19.3. The summed E-state index contributed by atoms with van der Waals surface area (Å²) in [5.41, 5.74) is 1.01. The Kier molecular flexibility index (Phi) is 4.77. The molecule has 1 amide bonds. The Morgan fingerprint density at radius 3 is 2.68 bits per heavy atom. The highest BCUT2D eigenvalue weighted by Gasteiger charge is 2.12. The van der Waals surface area contributed by atoms with Gasteiger partial charge in [-0.25, -0.2) is 0 Å². The SMILES string of the molecule is N#Cc1cccc(NC(=O)c2ccc(COc3ccc4ccccc4c3)o2)c1. The summed E-state index contributed by atoms with van der Waals surface area (Å²) >= 11 is 0. The number of rotatable bonds is 5. The first-order valence-corrected chi connectivity index (χ1v) is 8.73. The molecule has 1 N–H and O–H groups in total. The van der Waals surface area contributed by atoms with E-state index in [0.717, 1.165) is 16.5 Å². The van der Waals surface area contributed by atoms with Gasteiger partial charge in [-0.05, 0) is 53.2 Å². The molecule has 3 aromatic carbocycles. The second kappa shape index (κ2) is 7.68. The van der Waals surface area contributed by atoms with Gasteiger partial charge >= 0.3 is 0 Å². The topological polar surface area (TPSA) is 75.3 Å². The maximum atomic E-state index is 12.3. The zero-order valence-corrected chi connectivity index (χ0v) is 14.9. The number of anilines is 1. The van der Waals surface area contributed by atoms with E-state index in [2.05, 4.69) is 5.32 Å². The maximum Gasteiger partial charge on any atom is 0.291 e. The Balaban J connectivity index is 1.40. The van der Waals surface area contributed by atoms with Crippen LogP contribution in [0.4, 0.5) is 5.69 Å². The van der Waals surface area contributed by atoms with Crippen LogP contribution in [0.25, 0.3) is 10.8 Å². The molecule has 0 aliphatic heterocycles. The van der Waals surface area contributed by atoms with Gasteiger partial charge in [-0.15, -0.1) is 0 Å². The van der Waals surface area contributed by atoms with E-state index in [4.69, 9.17) is 14.4 Å². The predicted octanol–water partition coefficient (Wildman–Crippen LogP) is 5.14.